The van der Waals surface area contributed by atoms with Crippen molar-refractivity contribution in [2.24, 2.45) is 5.92 Å². The summed E-state index contributed by atoms with van der Waals surface area (Å²) in [4.78, 5) is 15.2. The van der Waals surface area contributed by atoms with Crippen molar-refractivity contribution >= 4 is 11.6 Å². The summed E-state index contributed by atoms with van der Waals surface area (Å²) in [6, 6.07) is 15.9. The second-order valence-corrected chi connectivity index (χ2v) is 8.74. The van der Waals surface area contributed by atoms with Crippen LogP contribution in [0.1, 0.15) is 34.8 Å². The Kier molecular flexibility index (Phi) is 7.98. The maximum atomic E-state index is 12.9. The fourth-order valence-corrected chi connectivity index (χ4v) is 4.67. The summed E-state index contributed by atoms with van der Waals surface area (Å²) in [5.41, 5.74) is 8.80. The van der Waals surface area contributed by atoms with Crippen LogP contribution in [0.4, 0.5) is 5.69 Å². The van der Waals surface area contributed by atoms with E-state index in [4.69, 9.17) is 4.74 Å². The number of carbonyl (C=O) groups excluding carboxylic acids is 1. The quantitative estimate of drug-likeness (QED) is 0.403. The number of benzene rings is 2. The zero-order valence-electron chi connectivity index (χ0n) is 19.7. The predicted molar refractivity (Wildman–Crippen MR) is 131 cm³/mol. The van der Waals surface area contributed by atoms with Crippen LogP contribution < -0.4 is 31.5 Å². The Hall–Kier alpha value is -3.16. The standard InChI is InChI=1S/C25H33N7O2/c1-32-23(30-31-24(32)17-10-12-27-13-11-17)16-28-19-7-5-6-18(14-19)25(33)29-21(15-26)20-8-3-4-9-22(20)34-2/h3-9,14,17,21,23-24,27-28,30-31H,10-13,16H2,1-2H3,(H,29,33)/t21-,23?,24?/m0/s1. The molecule has 3 atom stereocenters. The van der Waals surface area contributed by atoms with Gasteiger partial charge < -0.3 is 20.7 Å². The summed E-state index contributed by atoms with van der Waals surface area (Å²) >= 11 is 0. The van der Waals surface area contributed by atoms with E-state index < -0.39 is 6.04 Å². The third kappa shape index (κ3) is 5.48. The number of likely N-dealkylation sites (N-methyl/N-ethyl adjacent to an activating group) is 1. The van der Waals surface area contributed by atoms with Crippen LogP contribution in [-0.4, -0.2) is 56.9 Å². The van der Waals surface area contributed by atoms with Gasteiger partial charge in [0.15, 0.2) is 0 Å². The largest absolute Gasteiger partial charge is 0.496 e. The van der Waals surface area contributed by atoms with Crippen molar-refractivity contribution in [3.05, 3.63) is 59.7 Å². The number of hydrazine groups is 1. The molecule has 2 aromatic carbocycles. The number of nitrogens with one attached hydrogen (secondary N) is 5. The number of carbonyl (C=O) groups is 1. The first kappa shape index (κ1) is 24.0. The van der Waals surface area contributed by atoms with Gasteiger partial charge in [0.25, 0.3) is 5.91 Å². The van der Waals surface area contributed by atoms with Crippen molar-refractivity contribution in [3.8, 4) is 11.8 Å². The third-order valence-corrected chi connectivity index (χ3v) is 6.64. The number of methoxy groups -OCH3 is 1. The van der Waals surface area contributed by atoms with Gasteiger partial charge in [-0.3, -0.25) is 9.69 Å². The van der Waals surface area contributed by atoms with Crippen molar-refractivity contribution < 1.29 is 9.53 Å². The average Bonchev–Trinajstić information content (AvgIpc) is 3.26. The lowest BCUT2D eigenvalue weighted by Crippen LogP contribution is -2.46. The van der Waals surface area contributed by atoms with Gasteiger partial charge in [-0.1, -0.05) is 24.3 Å². The molecule has 2 aliphatic heterocycles. The summed E-state index contributed by atoms with van der Waals surface area (Å²) in [5, 5.41) is 19.3. The topological polar surface area (TPSA) is 113 Å². The molecule has 2 aliphatic rings. The highest BCUT2D eigenvalue weighted by Crippen LogP contribution is 2.25. The molecule has 2 heterocycles. The van der Waals surface area contributed by atoms with Crippen LogP contribution in [0, 0.1) is 17.2 Å². The molecule has 0 bridgehead atoms. The van der Waals surface area contributed by atoms with Crippen molar-refractivity contribution in [2.45, 2.75) is 31.2 Å². The van der Waals surface area contributed by atoms with Crippen LogP contribution in [0.2, 0.25) is 0 Å². The number of hydrogen-bond acceptors (Lipinski definition) is 8. The van der Waals surface area contributed by atoms with Crippen LogP contribution in [0.25, 0.3) is 0 Å². The molecule has 2 unspecified atom stereocenters. The molecule has 0 saturated carbocycles. The number of piperidine rings is 1. The molecule has 4 rings (SSSR count). The molecule has 5 N–H and O–H groups in total. The zero-order chi connectivity index (χ0) is 23.9. The minimum atomic E-state index is -0.811. The molecule has 0 aliphatic carbocycles. The number of para-hydroxylation sites is 1. The Morgan fingerprint density at radius 1 is 1.21 bits per heavy atom. The van der Waals surface area contributed by atoms with Gasteiger partial charge in [0.05, 0.1) is 25.5 Å². The number of nitrogens with zero attached hydrogens (tertiary/aromatic N) is 2. The molecule has 34 heavy (non-hydrogen) atoms. The fraction of sp³-hybridized carbons (Fsp3) is 0.440. The van der Waals surface area contributed by atoms with Gasteiger partial charge in [0.2, 0.25) is 0 Å². The second-order valence-electron chi connectivity index (χ2n) is 8.74. The summed E-state index contributed by atoms with van der Waals surface area (Å²) < 4.78 is 5.34. The van der Waals surface area contributed by atoms with Crippen molar-refractivity contribution in [1.82, 2.24) is 26.4 Å². The molecule has 2 saturated heterocycles. The van der Waals surface area contributed by atoms with Gasteiger partial charge in [0, 0.05) is 23.4 Å². The van der Waals surface area contributed by atoms with E-state index in [9.17, 15) is 10.1 Å². The maximum absolute atomic E-state index is 12.9. The van der Waals surface area contributed by atoms with E-state index in [0.717, 1.165) is 18.8 Å². The molecular formula is C25H33N7O2. The summed E-state index contributed by atoms with van der Waals surface area (Å²) in [7, 11) is 3.68. The van der Waals surface area contributed by atoms with E-state index in [1.807, 2.05) is 24.3 Å². The van der Waals surface area contributed by atoms with Crippen molar-refractivity contribution in [1.29, 1.82) is 5.26 Å². The first-order valence-corrected chi connectivity index (χ1v) is 11.7. The second kappa shape index (κ2) is 11.3. The van der Waals surface area contributed by atoms with Crippen molar-refractivity contribution in [3.63, 3.8) is 0 Å². The number of anilines is 1. The smallest absolute Gasteiger partial charge is 0.252 e. The van der Waals surface area contributed by atoms with Crippen molar-refractivity contribution in [2.75, 3.05) is 39.1 Å². The van der Waals surface area contributed by atoms with Crippen LogP contribution in [-0.2, 0) is 0 Å². The predicted octanol–water partition coefficient (Wildman–Crippen LogP) is 1.79. The normalized spacial score (nSPS) is 22.0. The van der Waals surface area contributed by atoms with E-state index in [1.165, 1.54) is 12.8 Å². The van der Waals surface area contributed by atoms with E-state index >= 15 is 0 Å². The number of ether oxygens (including phenoxy) is 1. The summed E-state index contributed by atoms with van der Waals surface area (Å²) in [6.45, 7) is 2.81. The average molecular weight is 464 g/mol. The highest BCUT2D eigenvalue weighted by molar-refractivity contribution is 5.95. The van der Waals surface area contributed by atoms with Crippen LogP contribution >= 0.6 is 0 Å². The van der Waals surface area contributed by atoms with Gasteiger partial charge >= 0.3 is 0 Å². The van der Waals surface area contributed by atoms with Gasteiger partial charge in [-0.15, -0.1) is 0 Å². The molecule has 0 aromatic heterocycles. The lowest BCUT2D eigenvalue weighted by atomic mass is 9.94. The monoisotopic (exact) mass is 463 g/mol. The van der Waals surface area contributed by atoms with E-state index in [2.05, 4.69) is 44.8 Å². The van der Waals surface area contributed by atoms with Gasteiger partial charge in [-0.2, -0.15) is 5.26 Å². The molecule has 9 nitrogen and oxygen atoms in total. The molecule has 1 amide bonds. The highest BCUT2D eigenvalue weighted by atomic mass is 16.5. The Balaban J connectivity index is 1.35. The molecule has 0 spiro atoms. The lowest BCUT2D eigenvalue weighted by Gasteiger charge is -2.32. The van der Waals surface area contributed by atoms with Crippen LogP contribution in [0.15, 0.2) is 48.5 Å². The maximum Gasteiger partial charge on any atom is 0.252 e. The molecule has 2 fully saturated rings. The minimum Gasteiger partial charge on any atom is -0.496 e. The Bertz CT molecular complexity index is 1020. The van der Waals surface area contributed by atoms with Crippen LogP contribution in [0.3, 0.4) is 0 Å². The molecule has 180 valence electrons. The van der Waals surface area contributed by atoms with Gasteiger partial charge in [-0.05, 0) is 63.2 Å². The Morgan fingerprint density at radius 3 is 2.76 bits per heavy atom. The van der Waals surface area contributed by atoms with Gasteiger partial charge in [-0.25, -0.2) is 10.9 Å². The van der Waals surface area contributed by atoms with E-state index in [-0.39, 0.29) is 12.1 Å². The number of amides is 1. The first-order chi connectivity index (χ1) is 16.6. The lowest BCUT2D eigenvalue weighted by molar-refractivity contribution is 0.0945. The van der Waals surface area contributed by atoms with Crippen LogP contribution in [0.5, 0.6) is 5.75 Å². The van der Waals surface area contributed by atoms with E-state index in [1.54, 1.807) is 31.4 Å². The number of rotatable bonds is 8. The number of hydrogen-bond donors (Lipinski definition) is 5. The zero-order valence-corrected chi connectivity index (χ0v) is 19.7. The third-order valence-electron chi connectivity index (χ3n) is 6.64. The molecule has 2 aromatic rings. The van der Waals surface area contributed by atoms with E-state index in [0.29, 0.717) is 35.5 Å². The Morgan fingerprint density at radius 2 is 2.00 bits per heavy atom. The molecular weight excluding hydrogens is 430 g/mol. The SMILES string of the molecule is COc1ccccc1[C@H](C#N)NC(=O)c1cccc(NCC2NNC(C3CCNCC3)N2C)c1. The van der Waals surface area contributed by atoms with Gasteiger partial charge in [0.1, 0.15) is 11.8 Å². The Labute approximate surface area is 200 Å². The summed E-state index contributed by atoms with van der Waals surface area (Å²) in [6.07, 6.45) is 2.77. The molecule has 0 radical (unpaired) electrons. The highest BCUT2D eigenvalue weighted by Gasteiger charge is 2.35. The minimum absolute atomic E-state index is 0.130. The number of nitriles is 1. The molecule has 9 heteroatoms. The summed E-state index contributed by atoms with van der Waals surface area (Å²) in [5.74, 6) is 0.867. The first-order valence-electron chi connectivity index (χ1n) is 11.7. The fourth-order valence-electron chi connectivity index (χ4n) is 4.67.